The quantitative estimate of drug-likeness (QED) is 0.483. The Morgan fingerprint density at radius 2 is 1.80 bits per heavy atom. The van der Waals surface area contributed by atoms with Gasteiger partial charge in [-0.15, -0.1) is 23.5 Å². The van der Waals surface area contributed by atoms with Crippen molar-refractivity contribution in [1.82, 2.24) is 0 Å². The molecule has 6 heteroatoms. The van der Waals surface area contributed by atoms with E-state index in [4.69, 9.17) is 11.6 Å². The van der Waals surface area contributed by atoms with Gasteiger partial charge in [-0.3, -0.25) is 9.59 Å². The predicted octanol–water partition coefficient (Wildman–Crippen LogP) is 4.20. The minimum atomic E-state index is -0.413. The third-order valence-corrected chi connectivity index (χ3v) is 5.00. The van der Waals surface area contributed by atoms with Gasteiger partial charge in [0.1, 0.15) is 5.57 Å². The maximum absolute atomic E-state index is 12.3. The molecule has 1 N–H and O–H groups in total. The number of rotatable bonds is 6. The summed E-state index contributed by atoms with van der Waals surface area (Å²) >= 11 is 8.79. The Labute approximate surface area is 132 Å². The molecule has 0 atom stereocenters. The van der Waals surface area contributed by atoms with E-state index in [-0.39, 0.29) is 17.8 Å². The lowest BCUT2D eigenvalue weighted by Gasteiger charge is -2.12. The third kappa shape index (κ3) is 4.30. The van der Waals surface area contributed by atoms with E-state index in [0.717, 1.165) is 0 Å². The van der Waals surface area contributed by atoms with Crippen molar-refractivity contribution in [2.45, 2.75) is 13.3 Å². The number of carbonyl (C=O) groups is 2. The number of ketones is 1. The summed E-state index contributed by atoms with van der Waals surface area (Å²) in [4.78, 5) is 24.4. The molecule has 0 unspecified atom stereocenters. The first-order valence-corrected chi connectivity index (χ1v) is 8.79. The molecule has 0 aromatic heterocycles. The van der Waals surface area contributed by atoms with E-state index in [0.29, 0.717) is 14.9 Å². The largest absolute Gasteiger partial charge is 0.320 e. The van der Waals surface area contributed by atoms with Crippen LogP contribution in [-0.2, 0) is 9.59 Å². The van der Waals surface area contributed by atoms with Crippen LogP contribution in [0.25, 0.3) is 0 Å². The second-order valence-electron chi connectivity index (χ2n) is 3.78. The number of carbonyl (C=O) groups excluding carboxylic acids is 2. The van der Waals surface area contributed by atoms with Gasteiger partial charge in [0.2, 0.25) is 0 Å². The number of hydrogen-bond donors (Lipinski definition) is 1. The summed E-state index contributed by atoms with van der Waals surface area (Å²) in [6.07, 6.45) is 3.98. The van der Waals surface area contributed by atoms with Crippen molar-refractivity contribution < 1.29 is 9.59 Å². The van der Waals surface area contributed by atoms with Crippen LogP contribution in [0.1, 0.15) is 13.3 Å². The highest BCUT2D eigenvalue weighted by molar-refractivity contribution is 8.21. The normalized spacial score (nSPS) is 10.0. The van der Waals surface area contributed by atoms with Crippen molar-refractivity contribution in [3.05, 3.63) is 39.1 Å². The van der Waals surface area contributed by atoms with Crippen molar-refractivity contribution in [2.24, 2.45) is 0 Å². The average Bonchev–Trinajstić information content (AvgIpc) is 2.46. The summed E-state index contributed by atoms with van der Waals surface area (Å²) in [6.45, 7) is 1.74. The molecule has 1 rings (SSSR count). The highest BCUT2D eigenvalue weighted by Crippen LogP contribution is 2.30. The Balaban J connectivity index is 3.10. The van der Waals surface area contributed by atoms with Crippen molar-refractivity contribution in [2.75, 3.05) is 17.8 Å². The van der Waals surface area contributed by atoms with Gasteiger partial charge in [0.25, 0.3) is 5.91 Å². The Kier molecular flexibility index (Phi) is 7.19. The molecule has 3 nitrogen and oxygen atoms in total. The first-order valence-electron chi connectivity index (χ1n) is 5.96. The number of thioether (sulfide) groups is 2. The zero-order valence-corrected chi connectivity index (χ0v) is 13.9. The number of hydrogen-bond acceptors (Lipinski definition) is 4. The molecular weight excluding hydrogens is 314 g/mol. The molecule has 0 aliphatic rings. The molecular formula is C14H16ClNO2S2. The number of nitrogens with one attached hydrogen (secondary N) is 1. The predicted molar refractivity (Wildman–Crippen MR) is 89.4 cm³/mol. The van der Waals surface area contributed by atoms with E-state index >= 15 is 0 Å². The highest BCUT2D eigenvalue weighted by atomic mass is 35.5. The van der Waals surface area contributed by atoms with Gasteiger partial charge in [0, 0.05) is 6.42 Å². The first kappa shape index (κ1) is 17.1. The number of benzene rings is 1. The molecule has 0 radical (unpaired) electrons. The summed E-state index contributed by atoms with van der Waals surface area (Å²) in [5, 5.41) is 3.14. The second kappa shape index (κ2) is 8.39. The zero-order chi connectivity index (χ0) is 15.1. The number of Topliss-reactive ketones (excluding diaryl/α,β-unsaturated/α-hetero) is 1. The lowest BCUT2D eigenvalue weighted by Crippen LogP contribution is -2.21. The minimum Gasteiger partial charge on any atom is -0.320 e. The van der Waals surface area contributed by atoms with E-state index in [1.165, 1.54) is 23.5 Å². The average molecular weight is 330 g/mol. The van der Waals surface area contributed by atoms with Gasteiger partial charge in [-0.25, -0.2) is 0 Å². The lowest BCUT2D eigenvalue weighted by atomic mass is 10.1. The summed E-state index contributed by atoms with van der Waals surface area (Å²) in [5.74, 6) is -0.586. The summed E-state index contributed by atoms with van der Waals surface area (Å²) in [7, 11) is 0. The van der Waals surface area contributed by atoms with E-state index in [1.54, 1.807) is 31.2 Å². The van der Waals surface area contributed by atoms with E-state index in [9.17, 15) is 9.59 Å². The first-order chi connectivity index (χ1) is 9.54. The number of amides is 1. The molecule has 0 aliphatic carbocycles. The molecule has 1 amide bonds. The molecule has 20 heavy (non-hydrogen) atoms. The van der Waals surface area contributed by atoms with Gasteiger partial charge in [-0.05, 0) is 24.6 Å². The van der Waals surface area contributed by atoms with Crippen LogP contribution < -0.4 is 5.32 Å². The molecule has 0 saturated heterocycles. The molecule has 108 valence electrons. The zero-order valence-electron chi connectivity index (χ0n) is 11.5. The fourth-order valence-corrected chi connectivity index (χ4v) is 3.22. The van der Waals surface area contributed by atoms with Crippen molar-refractivity contribution in [3.8, 4) is 0 Å². The summed E-state index contributed by atoms with van der Waals surface area (Å²) in [5.41, 5.74) is 0.703. The molecule has 0 bridgehead atoms. The number of anilines is 1. The van der Waals surface area contributed by atoms with Crippen LogP contribution in [0.3, 0.4) is 0 Å². The van der Waals surface area contributed by atoms with Crippen LogP contribution in [0.5, 0.6) is 0 Å². The Morgan fingerprint density at radius 3 is 2.30 bits per heavy atom. The highest BCUT2D eigenvalue weighted by Gasteiger charge is 2.22. The molecule has 0 spiro atoms. The molecule has 0 heterocycles. The van der Waals surface area contributed by atoms with Crippen LogP contribution in [0.15, 0.2) is 34.1 Å². The Bertz CT molecular complexity index is 538. The molecule has 1 aromatic carbocycles. The number of halogens is 1. The maximum atomic E-state index is 12.3. The van der Waals surface area contributed by atoms with Crippen molar-refractivity contribution in [3.63, 3.8) is 0 Å². The monoisotopic (exact) mass is 329 g/mol. The third-order valence-electron chi connectivity index (χ3n) is 2.52. The van der Waals surface area contributed by atoms with Crippen LogP contribution in [-0.4, -0.2) is 24.2 Å². The topological polar surface area (TPSA) is 46.2 Å². The molecule has 0 fully saturated rings. The van der Waals surface area contributed by atoms with Gasteiger partial charge >= 0.3 is 0 Å². The SMILES string of the molecule is CCC(=O)C(C(=O)Nc1ccccc1Cl)=C(SC)SC. The fourth-order valence-electron chi connectivity index (χ4n) is 1.54. The number of para-hydroxylation sites is 1. The molecule has 0 aliphatic heterocycles. The van der Waals surface area contributed by atoms with Crippen molar-refractivity contribution in [1.29, 1.82) is 0 Å². The van der Waals surface area contributed by atoms with E-state index < -0.39 is 5.91 Å². The van der Waals surface area contributed by atoms with Crippen LogP contribution in [0, 0.1) is 0 Å². The Hall–Kier alpha value is -0.910. The minimum absolute atomic E-state index is 0.173. The van der Waals surface area contributed by atoms with Gasteiger partial charge in [0.05, 0.1) is 14.9 Å². The summed E-state index contributed by atoms with van der Waals surface area (Å²) in [6, 6.07) is 6.94. The standard InChI is InChI=1S/C14H16ClNO2S2/c1-4-11(17)12(14(19-2)20-3)13(18)16-10-8-6-5-7-9(10)15/h5-8H,4H2,1-3H3,(H,16,18). The van der Waals surface area contributed by atoms with Gasteiger partial charge in [-0.1, -0.05) is 30.7 Å². The molecule has 1 aromatic rings. The second-order valence-corrected chi connectivity index (χ2v) is 6.08. The Morgan fingerprint density at radius 1 is 1.20 bits per heavy atom. The van der Waals surface area contributed by atoms with Crippen molar-refractivity contribution >= 4 is 52.5 Å². The van der Waals surface area contributed by atoms with E-state index in [1.807, 2.05) is 12.5 Å². The van der Waals surface area contributed by atoms with Gasteiger partial charge in [-0.2, -0.15) is 0 Å². The maximum Gasteiger partial charge on any atom is 0.261 e. The summed E-state index contributed by atoms with van der Waals surface area (Å²) < 4.78 is 0.710. The van der Waals surface area contributed by atoms with Crippen LogP contribution >= 0.6 is 35.1 Å². The smallest absolute Gasteiger partial charge is 0.261 e. The van der Waals surface area contributed by atoms with Crippen LogP contribution in [0.2, 0.25) is 5.02 Å². The van der Waals surface area contributed by atoms with Gasteiger partial charge in [0.15, 0.2) is 5.78 Å². The lowest BCUT2D eigenvalue weighted by molar-refractivity contribution is -0.119. The fraction of sp³-hybridized carbons (Fsp3) is 0.286. The molecule has 0 saturated carbocycles. The van der Waals surface area contributed by atoms with E-state index in [2.05, 4.69) is 5.32 Å². The van der Waals surface area contributed by atoms with Crippen LogP contribution in [0.4, 0.5) is 5.69 Å². The van der Waals surface area contributed by atoms with Gasteiger partial charge < -0.3 is 5.32 Å².